The van der Waals surface area contributed by atoms with Crippen molar-refractivity contribution in [3.05, 3.63) is 94.6 Å². The summed E-state index contributed by atoms with van der Waals surface area (Å²) in [7, 11) is 0. The lowest BCUT2D eigenvalue weighted by atomic mass is 10.0. The zero-order valence-electron chi connectivity index (χ0n) is 14.3. The number of rotatable bonds is 3. The molecule has 1 aliphatic rings. The van der Waals surface area contributed by atoms with Crippen molar-refractivity contribution >= 4 is 38.9 Å². The number of benzene rings is 3. The topological polar surface area (TPSA) is 33.2 Å². The highest BCUT2D eigenvalue weighted by molar-refractivity contribution is 9.10. The molecule has 130 valence electrons. The first-order chi connectivity index (χ1) is 13.3. The molecule has 0 saturated heterocycles. The Hall–Kier alpha value is -2.98. The number of fused-ring (bicyclic) bond motifs is 4. The third kappa shape index (κ3) is 2.48. The van der Waals surface area contributed by atoms with E-state index in [1.807, 2.05) is 48.5 Å². The predicted molar refractivity (Wildman–Crippen MR) is 112 cm³/mol. The standard InChI is InChI=1S/C23H15BrN2O/c24-16-12-15-6-5-11-21(22(15)25-13-16)26(14-27)23-19-9-3-1-7-17(19)18-8-2-4-10-20(18)23/h1-14,23H. The van der Waals surface area contributed by atoms with Gasteiger partial charge in [-0.05, 0) is 50.3 Å². The summed E-state index contributed by atoms with van der Waals surface area (Å²) >= 11 is 3.47. The number of para-hydroxylation sites is 1. The summed E-state index contributed by atoms with van der Waals surface area (Å²) < 4.78 is 0.918. The van der Waals surface area contributed by atoms with Crippen LogP contribution in [0.2, 0.25) is 0 Å². The van der Waals surface area contributed by atoms with E-state index in [1.165, 1.54) is 11.1 Å². The Balaban J connectivity index is 1.75. The SMILES string of the molecule is O=CN(c1cccc2cc(Br)cnc12)C1c2ccccc2-c2ccccc21. The lowest BCUT2D eigenvalue weighted by molar-refractivity contribution is -0.107. The fourth-order valence-electron chi connectivity index (χ4n) is 4.01. The average molecular weight is 415 g/mol. The number of hydrogen-bond donors (Lipinski definition) is 0. The number of hydrogen-bond acceptors (Lipinski definition) is 2. The van der Waals surface area contributed by atoms with Gasteiger partial charge in [0.1, 0.15) is 0 Å². The molecule has 0 radical (unpaired) electrons. The zero-order chi connectivity index (χ0) is 18.4. The summed E-state index contributed by atoms with van der Waals surface area (Å²) in [6, 6.07) is 24.4. The molecule has 0 aliphatic heterocycles. The van der Waals surface area contributed by atoms with Crippen LogP contribution in [0.25, 0.3) is 22.0 Å². The number of anilines is 1. The van der Waals surface area contributed by atoms with E-state index in [0.29, 0.717) is 0 Å². The van der Waals surface area contributed by atoms with Crippen LogP contribution in [-0.2, 0) is 4.79 Å². The Morgan fingerprint density at radius 1 is 0.889 bits per heavy atom. The van der Waals surface area contributed by atoms with E-state index in [0.717, 1.165) is 38.6 Å². The van der Waals surface area contributed by atoms with Crippen LogP contribution >= 0.6 is 15.9 Å². The predicted octanol–water partition coefficient (Wildman–Crippen LogP) is 5.73. The highest BCUT2D eigenvalue weighted by Crippen LogP contribution is 2.47. The molecule has 3 aromatic carbocycles. The van der Waals surface area contributed by atoms with E-state index in [1.54, 1.807) is 11.1 Å². The second-order valence-electron chi connectivity index (χ2n) is 6.59. The molecule has 1 aromatic heterocycles. The van der Waals surface area contributed by atoms with Crippen LogP contribution in [0, 0.1) is 0 Å². The van der Waals surface area contributed by atoms with E-state index in [9.17, 15) is 4.79 Å². The third-order valence-electron chi connectivity index (χ3n) is 5.13. The summed E-state index contributed by atoms with van der Waals surface area (Å²) in [5.41, 5.74) is 6.27. The number of amides is 1. The van der Waals surface area contributed by atoms with Gasteiger partial charge in [0.2, 0.25) is 6.41 Å². The minimum atomic E-state index is -0.161. The number of nitrogens with zero attached hydrogens (tertiary/aromatic N) is 2. The molecule has 0 bridgehead atoms. The van der Waals surface area contributed by atoms with Gasteiger partial charge in [-0.15, -0.1) is 0 Å². The van der Waals surface area contributed by atoms with Crippen molar-refractivity contribution in [2.75, 3.05) is 4.90 Å². The first-order valence-corrected chi connectivity index (χ1v) is 9.53. The zero-order valence-corrected chi connectivity index (χ0v) is 15.9. The summed E-state index contributed by atoms with van der Waals surface area (Å²) in [6.07, 6.45) is 2.69. The quantitative estimate of drug-likeness (QED) is 0.401. The van der Waals surface area contributed by atoms with Crippen molar-refractivity contribution in [2.45, 2.75) is 6.04 Å². The van der Waals surface area contributed by atoms with E-state index in [-0.39, 0.29) is 6.04 Å². The van der Waals surface area contributed by atoms with Gasteiger partial charge in [-0.1, -0.05) is 60.7 Å². The van der Waals surface area contributed by atoms with Gasteiger partial charge < -0.3 is 4.90 Å². The molecule has 0 fully saturated rings. The molecule has 4 heteroatoms. The number of halogens is 1. The van der Waals surface area contributed by atoms with Crippen molar-refractivity contribution in [3.63, 3.8) is 0 Å². The van der Waals surface area contributed by atoms with Crippen LogP contribution in [0.5, 0.6) is 0 Å². The van der Waals surface area contributed by atoms with Gasteiger partial charge in [-0.2, -0.15) is 0 Å². The fraction of sp³-hybridized carbons (Fsp3) is 0.0435. The minimum Gasteiger partial charge on any atom is -0.301 e. The molecular weight excluding hydrogens is 400 g/mol. The highest BCUT2D eigenvalue weighted by Gasteiger charge is 2.33. The van der Waals surface area contributed by atoms with Crippen molar-refractivity contribution in [1.29, 1.82) is 0 Å². The monoisotopic (exact) mass is 414 g/mol. The minimum absolute atomic E-state index is 0.161. The van der Waals surface area contributed by atoms with Gasteiger partial charge in [0.05, 0.1) is 17.2 Å². The van der Waals surface area contributed by atoms with E-state index in [4.69, 9.17) is 0 Å². The van der Waals surface area contributed by atoms with E-state index >= 15 is 0 Å². The van der Waals surface area contributed by atoms with Crippen molar-refractivity contribution in [1.82, 2.24) is 4.98 Å². The van der Waals surface area contributed by atoms with Crippen molar-refractivity contribution < 1.29 is 4.79 Å². The Labute approximate surface area is 165 Å². The first-order valence-electron chi connectivity index (χ1n) is 8.74. The van der Waals surface area contributed by atoms with Crippen LogP contribution in [0.4, 0.5) is 5.69 Å². The lowest BCUT2D eigenvalue weighted by Crippen LogP contribution is -2.27. The van der Waals surface area contributed by atoms with Crippen LogP contribution in [-0.4, -0.2) is 11.4 Å². The van der Waals surface area contributed by atoms with Gasteiger partial charge in [0.25, 0.3) is 0 Å². The van der Waals surface area contributed by atoms with Crippen LogP contribution < -0.4 is 4.90 Å². The molecule has 5 rings (SSSR count). The summed E-state index contributed by atoms with van der Waals surface area (Å²) in [4.78, 5) is 18.7. The normalized spacial score (nSPS) is 12.6. The summed E-state index contributed by atoms with van der Waals surface area (Å²) in [5.74, 6) is 0. The molecule has 3 nitrogen and oxygen atoms in total. The molecule has 1 aliphatic carbocycles. The van der Waals surface area contributed by atoms with Gasteiger partial charge in [0, 0.05) is 16.1 Å². The van der Waals surface area contributed by atoms with Gasteiger partial charge in [-0.3, -0.25) is 9.78 Å². The van der Waals surface area contributed by atoms with Gasteiger partial charge >= 0.3 is 0 Å². The second kappa shape index (κ2) is 6.32. The second-order valence-corrected chi connectivity index (χ2v) is 7.51. The molecular formula is C23H15BrN2O. The molecule has 1 heterocycles. The third-order valence-corrected chi connectivity index (χ3v) is 5.56. The Morgan fingerprint density at radius 3 is 2.22 bits per heavy atom. The average Bonchev–Trinajstić information content (AvgIpc) is 3.03. The lowest BCUT2D eigenvalue weighted by Gasteiger charge is -2.27. The maximum Gasteiger partial charge on any atom is 0.215 e. The van der Waals surface area contributed by atoms with Gasteiger partial charge in [0.15, 0.2) is 0 Å². The Bertz CT molecular complexity index is 1140. The molecule has 0 unspecified atom stereocenters. The molecule has 4 aromatic rings. The molecule has 1 amide bonds. The summed E-state index contributed by atoms with van der Waals surface area (Å²) in [5, 5.41) is 0.994. The number of carbonyl (C=O) groups excluding carboxylic acids is 1. The first kappa shape index (κ1) is 16.2. The fourth-order valence-corrected chi connectivity index (χ4v) is 4.36. The summed E-state index contributed by atoms with van der Waals surface area (Å²) in [6.45, 7) is 0. The van der Waals surface area contributed by atoms with Crippen LogP contribution in [0.15, 0.2) is 83.5 Å². The smallest absolute Gasteiger partial charge is 0.215 e. The van der Waals surface area contributed by atoms with Crippen LogP contribution in [0.1, 0.15) is 17.2 Å². The molecule has 0 atom stereocenters. The van der Waals surface area contributed by atoms with Gasteiger partial charge in [-0.25, -0.2) is 0 Å². The Morgan fingerprint density at radius 2 is 1.56 bits per heavy atom. The van der Waals surface area contributed by atoms with Crippen molar-refractivity contribution in [3.8, 4) is 11.1 Å². The molecule has 27 heavy (non-hydrogen) atoms. The Kier molecular flexibility index (Phi) is 3.80. The van der Waals surface area contributed by atoms with E-state index in [2.05, 4.69) is 45.2 Å². The molecule has 0 saturated carbocycles. The van der Waals surface area contributed by atoms with E-state index < -0.39 is 0 Å². The highest BCUT2D eigenvalue weighted by atomic mass is 79.9. The molecule has 0 N–H and O–H groups in total. The number of pyridine rings is 1. The van der Waals surface area contributed by atoms with Crippen molar-refractivity contribution in [2.24, 2.45) is 0 Å². The number of aromatic nitrogens is 1. The maximum absolute atomic E-state index is 12.3. The molecule has 0 spiro atoms. The van der Waals surface area contributed by atoms with Crippen LogP contribution in [0.3, 0.4) is 0 Å². The largest absolute Gasteiger partial charge is 0.301 e. The maximum atomic E-state index is 12.3. The number of carbonyl (C=O) groups is 1.